The zero-order chi connectivity index (χ0) is 15.8. The third kappa shape index (κ3) is 3.33. The van der Waals surface area contributed by atoms with Gasteiger partial charge in [-0.3, -0.25) is 0 Å². The molecule has 0 aliphatic carbocycles. The Morgan fingerprint density at radius 1 is 1.29 bits per heavy atom. The van der Waals surface area contributed by atoms with Gasteiger partial charge in [0.2, 0.25) is 10.0 Å². The first-order chi connectivity index (χ1) is 9.63. The maximum atomic E-state index is 13.8. The predicted octanol–water partition coefficient (Wildman–Crippen LogP) is 1.47. The minimum absolute atomic E-state index is 0.0468. The van der Waals surface area contributed by atoms with Crippen LogP contribution < -0.4 is 5.73 Å². The lowest BCUT2D eigenvalue weighted by Crippen LogP contribution is -2.34. The molecule has 1 heterocycles. The first-order valence-electron chi connectivity index (χ1n) is 6.60. The Kier molecular flexibility index (Phi) is 4.23. The summed E-state index contributed by atoms with van der Waals surface area (Å²) in [5.41, 5.74) is 4.29. The predicted molar refractivity (Wildman–Crippen MR) is 74.0 cm³/mol. The summed E-state index contributed by atoms with van der Waals surface area (Å²) >= 11 is 0. The number of anilines is 1. The third-order valence-corrected chi connectivity index (χ3v) is 5.56. The molecule has 5 nitrogen and oxygen atoms in total. The fraction of sp³-hybridized carbons (Fsp3) is 0.538. The number of hydrogen-bond donors (Lipinski definition) is 2. The first kappa shape index (κ1) is 16.1. The summed E-state index contributed by atoms with van der Waals surface area (Å²) in [5.74, 6) is -2.73. The minimum atomic E-state index is -4.18. The molecule has 1 aliphatic heterocycles. The molecule has 0 radical (unpaired) electrons. The van der Waals surface area contributed by atoms with Crippen molar-refractivity contribution in [1.82, 2.24) is 4.31 Å². The molecule has 0 bridgehead atoms. The van der Waals surface area contributed by atoms with E-state index in [9.17, 15) is 22.3 Å². The number of rotatable bonds is 2. The molecule has 0 aromatic heterocycles. The molecular formula is C13H18F2N2O3S. The summed E-state index contributed by atoms with van der Waals surface area (Å²) in [6.07, 6.45) is 1.13. The molecule has 3 N–H and O–H groups in total. The number of benzene rings is 1. The van der Waals surface area contributed by atoms with E-state index in [0.717, 1.165) is 16.4 Å². The van der Waals surface area contributed by atoms with Crippen LogP contribution in [0.25, 0.3) is 0 Å². The Labute approximate surface area is 122 Å². The molecule has 21 heavy (non-hydrogen) atoms. The van der Waals surface area contributed by atoms with E-state index >= 15 is 0 Å². The number of sulfonamides is 1. The molecule has 0 amide bonds. The van der Waals surface area contributed by atoms with Crippen molar-refractivity contribution in [2.45, 2.75) is 36.7 Å². The lowest BCUT2D eigenvalue weighted by Gasteiger charge is -2.22. The van der Waals surface area contributed by atoms with Crippen molar-refractivity contribution < 1.29 is 22.3 Å². The normalized spacial score (nSPS) is 24.8. The van der Waals surface area contributed by atoms with Crippen LogP contribution in [0.5, 0.6) is 0 Å². The summed E-state index contributed by atoms with van der Waals surface area (Å²) in [4.78, 5) is -0.762. The van der Waals surface area contributed by atoms with E-state index in [1.165, 1.54) is 0 Å². The lowest BCUT2D eigenvalue weighted by molar-refractivity contribution is 0.0465. The van der Waals surface area contributed by atoms with Crippen molar-refractivity contribution in [2.75, 3.05) is 18.8 Å². The maximum absolute atomic E-state index is 13.8. The molecule has 118 valence electrons. The van der Waals surface area contributed by atoms with Gasteiger partial charge in [0.05, 0.1) is 5.60 Å². The van der Waals surface area contributed by atoms with Gasteiger partial charge in [0, 0.05) is 18.8 Å². The van der Waals surface area contributed by atoms with E-state index < -0.39 is 32.2 Å². The van der Waals surface area contributed by atoms with Crippen molar-refractivity contribution in [2.24, 2.45) is 0 Å². The van der Waals surface area contributed by atoms with Crippen LogP contribution in [0.2, 0.25) is 0 Å². The Morgan fingerprint density at radius 2 is 1.95 bits per heavy atom. The quantitative estimate of drug-likeness (QED) is 0.808. The molecule has 1 saturated heterocycles. The highest BCUT2D eigenvalue weighted by atomic mass is 32.2. The molecule has 1 aromatic carbocycles. The highest BCUT2D eigenvalue weighted by Crippen LogP contribution is 2.28. The highest BCUT2D eigenvalue weighted by molar-refractivity contribution is 7.89. The topological polar surface area (TPSA) is 83.6 Å². The first-order valence-corrected chi connectivity index (χ1v) is 8.04. The van der Waals surface area contributed by atoms with Gasteiger partial charge in [-0.2, -0.15) is 4.31 Å². The van der Waals surface area contributed by atoms with Gasteiger partial charge >= 0.3 is 0 Å². The fourth-order valence-corrected chi connectivity index (χ4v) is 3.98. The second-order valence-electron chi connectivity index (χ2n) is 5.57. The average molecular weight is 320 g/mol. The second-order valence-corrected chi connectivity index (χ2v) is 7.48. The van der Waals surface area contributed by atoms with Gasteiger partial charge in [-0.25, -0.2) is 17.2 Å². The van der Waals surface area contributed by atoms with Crippen LogP contribution in [0, 0.1) is 11.6 Å². The van der Waals surface area contributed by atoms with Crippen molar-refractivity contribution in [1.29, 1.82) is 0 Å². The Balaban J connectivity index is 2.39. The highest BCUT2D eigenvalue weighted by Gasteiger charge is 2.33. The number of nitrogens with zero attached hydrogens (tertiary/aromatic N) is 1. The molecule has 1 aliphatic rings. The SMILES string of the molecule is CC1(O)CCCN(S(=O)(=O)c2cc(N)cc(F)c2F)CC1. The molecule has 1 unspecified atom stereocenters. The molecule has 0 spiro atoms. The molecule has 1 fully saturated rings. The number of hydrogen-bond acceptors (Lipinski definition) is 4. The van der Waals surface area contributed by atoms with Gasteiger partial charge < -0.3 is 10.8 Å². The van der Waals surface area contributed by atoms with Crippen molar-refractivity contribution in [3.8, 4) is 0 Å². The molecule has 2 rings (SSSR count). The van der Waals surface area contributed by atoms with Crippen molar-refractivity contribution in [3.63, 3.8) is 0 Å². The van der Waals surface area contributed by atoms with Gasteiger partial charge in [0.25, 0.3) is 0 Å². The summed E-state index contributed by atoms with van der Waals surface area (Å²) in [5, 5.41) is 9.98. The number of halogens is 2. The van der Waals surface area contributed by atoms with Crippen LogP contribution in [0.3, 0.4) is 0 Å². The molecule has 8 heteroatoms. The minimum Gasteiger partial charge on any atom is -0.399 e. The van der Waals surface area contributed by atoms with E-state index in [1.807, 2.05) is 0 Å². The lowest BCUT2D eigenvalue weighted by atomic mass is 9.98. The Morgan fingerprint density at radius 3 is 2.62 bits per heavy atom. The average Bonchev–Trinajstić information content (AvgIpc) is 2.55. The summed E-state index contributed by atoms with van der Waals surface area (Å²) in [6, 6.07) is 1.65. The van der Waals surface area contributed by atoms with Gasteiger partial charge in [0.15, 0.2) is 11.6 Å². The summed E-state index contributed by atoms with van der Waals surface area (Å²) < 4.78 is 53.1. The maximum Gasteiger partial charge on any atom is 0.246 e. The van der Waals surface area contributed by atoms with Gasteiger partial charge in [-0.05, 0) is 38.3 Å². The summed E-state index contributed by atoms with van der Waals surface area (Å²) in [6.45, 7) is 1.82. The Hall–Kier alpha value is -1.25. The van der Waals surface area contributed by atoms with Crippen LogP contribution in [-0.2, 0) is 10.0 Å². The van der Waals surface area contributed by atoms with E-state index in [-0.39, 0.29) is 25.2 Å². The van der Waals surface area contributed by atoms with Gasteiger partial charge in [-0.15, -0.1) is 0 Å². The monoisotopic (exact) mass is 320 g/mol. The molecule has 0 saturated carbocycles. The number of nitrogens with two attached hydrogens (primary N) is 1. The van der Waals surface area contributed by atoms with Gasteiger partial charge in [0.1, 0.15) is 4.90 Å². The largest absolute Gasteiger partial charge is 0.399 e. The van der Waals surface area contributed by atoms with E-state index in [4.69, 9.17) is 5.73 Å². The molecular weight excluding hydrogens is 302 g/mol. The van der Waals surface area contributed by atoms with E-state index in [0.29, 0.717) is 12.8 Å². The van der Waals surface area contributed by atoms with E-state index in [1.54, 1.807) is 6.92 Å². The van der Waals surface area contributed by atoms with Crippen LogP contribution >= 0.6 is 0 Å². The summed E-state index contributed by atoms with van der Waals surface area (Å²) in [7, 11) is -4.18. The standard InChI is InChI=1S/C13H18F2N2O3S/c1-13(18)3-2-5-17(6-4-13)21(19,20)11-8-9(16)7-10(14)12(11)15/h7-8,18H,2-6,16H2,1H3. The zero-order valence-corrected chi connectivity index (χ0v) is 12.5. The zero-order valence-electron chi connectivity index (χ0n) is 11.6. The van der Waals surface area contributed by atoms with Crippen LogP contribution in [0.15, 0.2) is 17.0 Å². The van der Waals surface area contributed by atoms with Crippen molar-refractivity contribution in [3.05, 3.63) is 23.8 Å². The molecule has 1 atom stereocenters. The van der Waals surface area contributed by atoms with Gasteiger partial charge in [-0.1, -0.05) is 0 Å². The van der Waals surface area contributed by atoms with Crippen LogP contribution in [0.4, 0.5) is 14.5 Å². The second kappa shape index (κ2) is 5.51. The fourth-order valence-electron chi connectivity index (χ4n) is 2.39. The third-order valence-electron chi connectivity index (χ3n) is 3.66. The van der Waals surface area contributed by atoms with Crippen molar-refractivity contribution >= 4 is 15.7 Å². The number of nitrogen functional groups attached to an aromatic ring is 1. The van der Waals surface area contributed by atoms with Crippen LogP contribution in [0.1, 0.15) is 26.2 Å². The van der Waals surface area contributed by atoms with Crippen LogP contribution in [-0.4, -0.2) is 36.5 Å². The number of aliphatic hydroxyl groups is 1. The smallest absolute Gasteiger partial charge is 0.246 e. The molecule has 1 aromatic rings. The Bertz CT molecular complexity index is 647. The van der Waals surface area contributed by atoms with E-state index in [2.05, 4.69) is 0 Å².